The Hall–Kier alpha value is -1.02. The van der Waals surface area contributed by atoms with Gasteiger partial charge in [0.2, 0.25) is 0 Å². The van der Waals surface area contributed by atoms with Gasteiger partial charge < -0.3 is 10.1 Å². The fourth-order valence-electron chi connectivity index (χ4n) is 1.76. The minimum absolute atomic E-state index is 0.693. The molecule has 1 fully saturated rings. The Morgan fingerprint density at radius 2 is 2.27 bits per heavy atom. The third-order valence-electron chi connectivity index (χ3n) is 2.82. The first-order valence-corrected chi connectivity index (χ1v) is 5.70. The van der Waals surface area contributed by atoms with Gasteiger partial charge in [0.05, 0.1) is 6.61 Å². The first kappa shape index (κ1) is 10.5. The van der Waals surface area contributed by atoms with Crippen molar-refractivity contribution in [3.8, 4) is 0 Å². The number of nitrogens with one attached hydrogen (secondary N) is 1. The van der Waals surface area contributed by atoms with E-state index in [0.717, 1.165) is 12.5 Å². The van der Waals surface area contributed by atoms with E-state index in [1.54, 1.807) is 7.11 Å². The molecule has 82 valence electrons. The summed E-state index contributed by atoms with van der Waals surface area (Å²) in [5, 5.41) is 3.46. The minimum atomic E-state index is 0.693. The molecule has 2 rings (SSSR count). The second kappa shape index (κ2) is 5.17. The molecule has 1 saturated carbocycles. The Morgan fingerprint density at radius 1 is 1.40 bits per heavy atom. The molecule has 2 nitrogen and oxygen atoms in total. The molecule has 1 aromatic carbocycles. The molecule has 0 aliphatic heterocycles. The van der Waals surface area contributed by atoms with E-state index in [2.05, 4.69) is 29.6 Å². The van der Waals surface area contributed by atoms with Gasteiger partial charge in [-0.25, -0.2) is 0 Å². The SMILES string of the molecule is COCc1cccc(NCCC2CC2)c1. The Balaban J connectivity index is 1.80. The van der Waals surface area contributed by atoms with E-state index in [-0.39, 0.29) is 0 Å². The lowest BCUT2D eigenvalue weighted by Crippen LogP contribution is -2.02. The number of benzene rings is 1. The largest absolute Gasteiger partial charge is 0.385 e. The quantitative estimate of drug-likeness (QED) is 0.770. The van der Waals surface area contributed by atoms with Gasteiger partial charge in [0, 0.05) is 19.3 Å². The second-order valence-corrected chi connectivity index (χ2v) is 4.29. The molecule has 0 spiro atoms. The molecule has 0 amide bonds. The van der Waals surface area contributed by atoms with Crippen molar-refractivity contribution in [1.82, 2.24) is 0 Å². The predicted molar refractivity (Wildman–Crippen MR) is 63.0 cm³/mol. The van der Waals surface area contributed by atoms with Crippen LogP contribution in [0.4, 0.5) is 5.69 Å². The lowest BCUT2D eigenvalue weighted by Gasteiger charge is -2.07. The van der Waals surface area contributed by atoms with Crippen LogP contribution in [-0.4, -0.2) is 13.7 Å². The molecule has 0 bridgehead atoms. The van der Waals surface area contributed by atoms with Crippen molar-refractivity contribution in [3.63, 3.8) is 0 Å². The highest BCUT2D eigenvalue weighted by Gasteiger charge is 2.19. The van der Waals surface area contributed by atoms with Gasteiger partial charge >= 0.3 is 0 Å². The van der Waals surface area contributed by atoms with Crippen molar-refractivity contribution in [3.05, 3.63) is 29.8 Å². The summed E-state index contributed by atoms with van der Waals surface area (Å²) in [6.07, 6.45) is 4.19. The standard InChI is InChI=1S/C13H19NO/c1-15-10-12-3-2-4-13(9-12)14-8-7-11-5-6-11/h2-4,9,11,14H,5-8,10H2,1H3. The van der Waals surface area contributed by atoms with Crippen LogP contribution < -0.4 is 5.32 Å². The van der Waals surface area contributed by atoms with Crippen LogP contribution in [-0.2, 0) is 11.3 Å². The van der Waals surface area contributed by atoms with E-state index in [4.69, 9.17) is 4.74 Å². The zero-order chi connectivity index (χ0) is 10.5. The Bertz CT molecular complexity index is 307. The third kappa shape index (κ3) is 3.56. The lowest BCUT2D eigenvalue weighted by molar-refractivity contribution is 0.185. The summed E-state index contributed by atoms with van der Waals surface area (Å²) >= 11 is 0. The Labute approximate surface area is 91.6 Å². The average molecular weight is 205 g/mol. The maximum absolute atomic E-state index is 5.11. The van der Waals surface area contributed by atoms with Crippen molar-refractivity contribution in [2.45, 2.75) is 25.9 Å². The van der Waals surface area contributed by atoms with Crippen molar-refractivity contribution < 1.29 is 4.74 Å². The average Bonchev–Trinajstić information content (AvgIpc) is 3.03. The molecule has 0 heterocycles. The highest BCUT2D eigenvalue weighted by molar-refractivity contribution is 5.45. The van der Waals surface area contributed by atoms with Gasteiger partial charge in [-0.05, 0) is 30.0 Å². The number of anilines is 1. The number of rotatable bonds is 6. The van der Waals surface area contributed by atoms with E-state index in [1.165, 1.54) is 30.5 Å². The van der Waals surface area contributed by atoms with Crippen molar-refractivity contribution in [2.75, 3.05) is 19.0 Å². The molecule has 15 heavy (non-hydrogen) atoms. The summed E-state index contributed by atoms with van der Waals surface area (Å²) in [7, 11) is 1.73. The zero-order valence-electron chi connectivity index (χ0n) is 9.33. The summed E-state index contributed by atoms with van der Waals surface area (Å²) in [6, 6.07) is 8.45. The van der Waals surface area contributed by atoms with Crippen LogP contribution in [0.3, 0.4) is 0 Å². The van der Waals surface area contributed by atoms with Crippen molar-refractivity contribution in [1.29, 1.82) is 0 Å². The highest BCUT2D eigenvalue weighted by Crippen LogP contribution is 2.32. The predicted octanol–water partition coefficient (Wildman–Crippen LogP) is 3.05. The molecule has 0 saturated heterocycles. The van der Waals surface area contributed by atoms with Crippen LogP contribution in [0.5, 0.6) is 0 Å². The summed E-state index contributed by atoms with van der Waals surface area (Å²) < 4.78 is 5.11. The van der Waals surface area contributed by atoms with Crippen LogP contribution in [0.1, 0.15) is 24.8 Å². The summed E-state index contributed by atoms with van der Waals surface area (Å²) in [5.41, 5.74) is 2.44. The van der Waals surface area contributed by atoms with Crippen LogP contribution in [0.2, 0.25) is 0 Å². The maximum atomic E-state index is 5.11. The molecular weight excluding hydrogens is 186 g/mol. The van der Waals surface area contributed by atoms with E-state index in [0.29, 0.717) is 6.61 Å². The smallest absolute Gasteiger partial charge is 0.0713 e. The normalized spacial score (nSPS) is 15.3. The summed E-state index contributed by atoms with van der Waals surface area (Å²) in [5.74, 6) is 1.000. The molecule has 0 aromatic heterocycles. The second-order valence-electron chi connectivity index (χ2n) is 4.29. The first-order chi connectivity index (χ1) is 7.38. The number of methoxy groups -OCH3 is 1. The molecule has 1 aromatic rings. The van der Waals surface area contributed by atoms with Crippen molar-refractivity contribution in [2.24, 2.45) is 5.92 Å². The Morgan fingerprint density at radius 3 is 3.00 bits per heavy atom. The number of hydrogen-bond donors (Lipinski definition) is 1. The van der Waals surface area contributed by atoms with Gasteiger partial charge in [0.25, 0.3) is 0 Å². The third-order valence-corrected chi connectivity index (χ3v) is 2.82. The molecule has 1 aliphatic rings. The van der Waals surface area contributed by atoms with Gasteiger partial charge in [-0.2, -0.15) is 0 Å². The fourth-order valence-corrected chi connectivity index (χ4v) is 1.76. The Kier molecular flexibility index (Phi) is 3.62. The lowest BCUT2D eigenvalue weighted by atomic mass is 10.2. The van der Waals surface area contributed by atoms with E-state index >= 15 is 0 Å². The molecular formula is C13H19NO. The van der Waals surface area contributed by atoms with Gasteiger partial charge in [-0.3, -0.25) is 0 Å². The summed E-state index contributed by atoms with van der Waals surface area (Å²) in [6.45, 7) is 1.79. The molecule has 2 heteroatoms. The molecule has 1 aliphatic carbocycles. The van der Waals surface area contributed by atoms with E-state index < -0.39 is 0 Å². The zero-order valence-corrected chi connectivity index (χ0v) is 9.33. The van der Waals surface area contributed by atoms with Gasteiger partial charge in [0.15, 0.2) is 0 Å². The van der Waals surface area contributed by atoms with Gasteiger partial charge in [-0.15, -0.1) is 0 Å². The molecule has 0 unspecified atom stereocenters. The summed E-state index contributed by atoms with van der Waals surface area (Å²) in [4.78, 5) is 0. The number of hydrogen-bond acceptors (Lipinski definition) is 2. The minimum Gasteiger partial charge on any atom is -0.385 e. The van der Waals surface area contributed by atoms with Gasteiger partial charge in [-0.1, -0.05) is 25.0 Å². The topological polar surface area (TPSA) is 21.3 Å². The van der Waals surface area contributed by atoms with Crippen LogP contribution in [0, 0.1) is 5.92 Å². The van der Waals surface area contributed by atoms with Crippen LogP contribution in [0.15, 0.2) is 24.3 Å². The van der Waals surface area contributed by atoms with Crippen LogP contribution in [0.25, 0.3) is 0 Å². The highest BCUT2D eigenvalue weighted by atomic mass is 16.5. The first-order valence-electron chi connectivity index (χ1n) is 5.70. The van der Waals surface area contributed by atoms with E-state index in [9.17, 15) is 0 Å². The molecule has 0 atom stereocenters. The van der Waals surface area contributed by atoms with Gasteiger partial charge in [0.1, 0.15) is 0 Å². The maximum Gasteiger partial charge on any atom is 0.0713 e. The van der Waals surface area contributed by atoms with Crippen LogP contribution >= 0.6 is 0 Å². The fraction of sp³-hybridized carbons (Fsp3) is 0.538. The molecule has 0 radical (unpaired) electrons. The van der Waals surface area contributed by atoms with Crippen molar-refractivity contribution >= 4 is 5.69 Å². The molecule has 1 N–H and O–H groups in total. The van der Waals surface area contributed by atoms with E-state index in [1.807, 2.05) is 0 Å². The number of ether oxygens (including phenoxy) is 1. The monoisotopic (exact) mass is 205 g/mol.